The maximum Gasteiger partial charge on any atom is 0.265 e. The number of halogens is 1. The van der Waals surface area contributed by atoms with Gasteiger partial charge in [-0.3, -0.25) is 19.0 Å². The third kappa shape index (κ3) is 3.68. The molecule has 3 aromatic rings. The van der Waals surface area contributed by atoms with Gasteiger partial charge in [-0.15, -0.1) is 0 Å². The first-order valence-electron chi connectivity index (χ1n) is 8.27. The smallest absolute Gasteiger partial charge is 0.265 e. The lowest BCUT2D eigenvalue weighted by atomic mass is 10.0. The quantitative estimate of drug-likeness (QED) is 0.664. The minimum Gasteiger partial charge on any atom is -0.507 e. The van der Waals surface area contributed by atoms with E-state index in [1.54, 1.807) is 24.3 Å². The Morgan fingerprint density at radius 2 is 1.71 bits per heavy atom. The molecule has 7 heteroatoms. The van der Waals surface area contributed by atoms with Crippen LogP contribution in [0.1, 0.15) is 33.2 Å². The minimum atomic E-state index is -0.565. The Balaban J connectivity index is 2.20. The molecule has 0 aliphatic heterocycles. The van der Waals surface area contributed by atoms with E-state index in [1.165, 1.54) is 49.1 Å². The standard InChI is InChI=1S/C21H16ClNO5/c1-12(24)17-9-13(20(26)18-10-14(22)3-8-19(18)25)11-23(21(17)27)15-4-6-16(28-2)7-5-15/h3-11,25H,1-2H3. The number of carbonyl (C=O) groups excluding carboxylic acids is 2. The Labute approximate surface area is 165 Å². The maximum atomic E-state index is 12.9. The number of carbonyl (C=O) groups is 2. The van der Waals surface area contributed by atoms with Gasteiger partial charge in [0.1, 0.15) is 11.5 Å². The summed E-state index contributed by atoms with van der Waals surface area (Å²) >= 11 is 5.93. The molecule has 0 atom stereocenters. The second-order valence-corrected chi connectivity index (χ2v) is 6.50. The fraction of sp³-hybridized carbons (Fsp3) is 0.0952. The van der Waals surface area contributed by atoms with Crippen LogP contribution in [-0.4, -0.2) is 28.3 Å². The fourth-order valence-electron chi connectivity index (χ4n) is 2.74. The summed E-state index contributed by atoms with van der Waals surface area (Å²) in [7, 11) is 1.52. The van der Waals surface area contributed by atoms with Gasteiger partial charge in [-0.25, -0.2) is 0 Å². The van der Waals surface area contributed by atoms with Crippen LogP contribution in [0.25, 0.3) is 5.69 Å². The van der Waals surface area contributed by atoms with E-state index in [-0.39, 0.29) is 27.5 Å². The number of phenols is 1. The number of ether oxygens (including phenoxy) is 1. The van der Waals surface area contributed by atoms with Gasteiger partial charge in [0.15, 0.2) is 11.6 Å². The van der Waals surface area contributed by atoms with Gasteiger partial charge in [0.2, 0.25) is 0 Å². The molecule has 0 bridgehead atoms. The van der Waals surface area contributed by atoms with Crippen molar-refractivity contribution < 1.29 is 19.4 Å². The molecule has 1 N–H and O–H groups in total. The molecule has 0 aliphatic carbocycles. The number of Topliss-reactive ketones (excluding diaryl/α,β-unsaturated/α-hetero) is 1. The van der Waals surface area contributed by atoms with Gasteiger partial charge in [0.05, 0.1) is 18.2 Å². The number of ketones is 2. The number of aromatic hydroxyl groups is 1. The average molecular weight is 398 g/mol. The molecule has 0 spiro atoms. The minimum absolute atomic E-state index is 0.0260. The van der Waals surface area contributed by atoms with Crippen molar-refractivity contribution in [3.05, 3.63) is 86.8 Å². The monoisotopic (exact) mass is 397 g/mol. The molecule has 28 heavy (non-hydrogen) atoms. The van der Waals surface area contributed by atoms with Crippen molar-refractivity contribution in [1.82, 2.24) is 4.57 Å². The molecule has 2 aromatic carbocycles. The van der Waals surface area contributed by atoms with Gasteiger partial charge in [-0.1, -0.05) is 11.6 Å². The molecule has 0 saturated carbocycles. The number of hydrogen-bond donors (Lipinski definition) is 1. The summed E-state index contributed by atoms with van der Waals surface area (Å²) in [5.41, 5.74) is -0.189. The Hall–Kier alpha value is -3.38. The number of rotatable bonds is 5. The highest BCUT2D eigenvalue weighted by Gasteiger charge is 2.19. The van der Waals surface area contributed by atoms with E-state index >= 15 is 0 Å². The summed E-state index contributed by atoms with van der Waals surface area (Å²) in [5.74, 6) is -0.692. The van der Waals surface area contributed by atoms with Crippen molar-refractivity contribution in [2.24, 2.45) is 0 Å². The fourth-order valence-corrected chi connectivity index (χ4v) is 2.91. The summed E-state index contributed by atoms with van der Waals surface area (Å²) in [6.45, 7) is 1.25. The van der Waals surface area contributed by atoms with Gasteiger partial charge in [-0.2, -0.15) is 0 Å². The number of hydrogen-bond acceptors (Lipinski definition) is 5. The van der Waals surface area contributed by atoms with E-state index in [0.717, 1.165) is 0 Å². The van der Waals surface area contributed by atoms with E-state index in [2.05, 4.69) is 0 Å². The zero-order valence-corrected chi connectivity index (χ0v) is 15.9. The third-order valence-electron chi connectivity index (χ3n) is 4.21. The van der Waals surface area contributed by atoms with Crippen LogP contribution in [-0.2, 0) is 0 Å². The van der Waals surface area contributed by atoms with E-state index in [9.17, 15) is 19.5 Å². The lowest BCUT2D eigenvalue weighted by molar-refractivity contribution is 0.101. The van der Waals surface area contributed by atoms with Gasteiger partial charge in [-0.05, 0) is 55.5 Å². The lowest BCUT2D eigenvalue weighted by Crippen LogP contribution is -2.25. The number of methoxy groups -OCH3 is 1. The highest BCUT2D eigenvalue weighted by molar-refractivity contribution is 6.31. The summed E-state index contributed by atoms with van der Waals surface area (Å²) < 4.78 is 6.32. The molecule has 0 amide bonds. The van der Waals surface area contributed by atoms with Gasteiger partial charge in [0, 0.05) is 22.5 Å². The maximum absolute atomic E-state index is 12.9. The number of aromatic nitrogens is 1. The van der Waals surface area contributed by atoms with Crippen LogP contribution in [0.15, 0.2) is 59.5 Å². The normalized spacial score (nSPS) is 10.5. The third-order valence-corrected chi connectivity index (χ3v) is 4.45. The van der Waals surface area contributed by atoms with E-state index in [4.69, 9.17) is 16.3 Å². The molecule has 6 nitrogen and oxygen atoms in total. The van der Waals surface area contributed by atoms with Crippen molar-refractivity contribution in [2.75, 3.05) is 7.11 Å². The van der Waals surface area contributed by atoms with E-state index in [1.807, 2.05) is 0 Å². The van der Waals surface area contributed by atoms with Crippen molar-refractivity contribution in [1.29, 1.82) is 0 Å². The van der Waals surface area contributed by atoms with Crippen LogP contribution in [0.2, 0.25) is 5.02 Å². The molecule has 3 rings (SSSR count). The first-order chi connectivity index (χ1) is 13.3. The highest BCUT2D eigenvalue weighted by Crippen LogP contribution is 2.25. The molecule has 0 radical (unpaired) electrons. The van der Waals surface area contributed by atoms with Crippen molar-refractivity contribution in [3.8, 4) is 17.2 Å². The number of nitrogens with zero attached hydrogens (tertiary/aromatic N) is 1. The van der Waals surface area contributed by atoms with Gasteiger partial charge in [0.25, 0.3) is 5.56 Å². The SMILES string of the molecule is COc1ccc(-n2cc(C(=O)c3cc(Cl)ccc3O)cc(C(C)=O)c2=O)cc1. The van der Waals surface area contributed by atoms with Crippen LogP contribution in [0.5, 0.6) is 11.5 Å². The summed E-state index contributed by atoms with van der Waals surface area (Å²) in [4.78, 5) is 37.6. The second-order valence-electron chi connectivity index (χ2n) is 6.06. The largest absolute Gasteiger partial charge is 0.507 e. The Kier molecular flexibility index (Phi) is 5.33. The molecule has 1 aromatic heterocycles. The lowest BCUT2D eigenvalue weighted by Gasteiger charge is -2.12. The molecule has 142 valence electrons. The van der Waals surface area contributed by atoms with Crippen molar-refractivity contribution in [2.45, 2.75) is 6.92 Å². The van der Waals surface area contributed by atoms with Crippen molar-refractivity contribution >= 4 is 23.2 Å². The molecular formula is C21H16ClNO5. The van der Waals surface area contributed by atoms with Crippen LogP contribution < -0.4 is 10.3 Å². The Bertz CT molecular complexity index is 1130. The zero-order valence-electron chi connectivity index (χ0n) is 15.1. The van der Waals surface area contributed by atoms with Crippen LogP contribution in [0.3, 0.4) is 0 Å². The summed E-state index contributed by atoms with van der Waals surface area (Å²) in [5, 5.41) is 10.3. The predicted octanol–water partition coefficient (Wildman–Crippen LogP) is 3.64. The number of phenolic OH excluding ortho intramolecular Hbond substituents is 1. The average Bonchev–Trinajstić information content (AvgIpc) is 2.69. The molecular weight excluding hydrogens is 382 g/mol. The second kappa shape index (κ2) is 7.70. The van der Waals surface area contributed by atoms with Crippen LogP contribution in [0, 0.1) is 0 Å². The highest BCUT2D eigenvalue weighted by atomic mass is 35.5. The molecule has 0 fully saturated rings. The number of benzene rings is 2. The molecule has 1 heterocycles. The summed E-state index contributed by atoms with van der Waals surface area (Å²) in [6.07, 6.45) is 1.33. The van der Waals surface area contributed by atoms with E-state index in [0.29, 0.717) is 11.4 Å². The van der Waals surface area contributed by atoms with Crippen LogP contribution in [0.4, 0.5) is 0 Å². The molecule has 0 aliphatic rings. The first kappa shape index (κ1) is 19.4. The summed E-state index contributed by atoms with van der Waals surface area (Å²) in [6, 6.07) is 11.9. The van der Waals surface area contributed by atoms with Crippen LogP contribution >= 0.6 is 11.6 Å². The molecule has 0 saturated heterocycles. The predicted molar refractivity (Wildman–Crippen MR) is 105 cm³/mol. The zero-order chi connectivity index (χ0) is 20.4. The van der Waals surface area contributed by atoms with E-state index < -0.39 is 17.1 Å². The first-order valence-corrected chi connectivity index (χ1v) is 8.65. The number of pyridine rings is 1. The topological polar surface area (TPSA) is 85.6 Å². The van der Waals surface area contributed by atoms with Gasteiger partial charge >= 0.3 is 0 Å². The van der Waals surface area contributed by atoms with Gasteiger partial charge < -0.3 is 9.84 Å². The van der Waals surface area contributed by atoms with Crippen molar-refractivity contribution in [3.63, 3.8) is 0 Å². The Morgan fingerprint density at radius 1 is 1.04 bits per heavy atom. The molecule has 0 unspecified atom stereocenters. The Morgan fingerprint density at radius 3 is 2.32 bits per heavy atom.